The Balaban J connectivity index is 1.42. The Hall–Kier alpha value is -3.37. The first-order valence-electron chi connectivity index (χ1n) is 11.5. The summed E-state index contributed by atoms with van der Waals surface area (Å²) in [6.07, 6.45) is 1.84. The van der Waals surface area contributed by atoms with Gasteiger partial charge in [-0.1, -0.05) is 67.9 Å². The van der Waals surface area contributed by atoms with Crippen LogP contribution in [0.5, 0.6) is 11.5 Å². The molecule has 0 radical (unpaired) electrons. The Bertz CT molecular complexity index is 1240. The van der Waals surface area contributed by atoms with Crippen molar-refractivity contribution in [2.45, 2.75) is 46.7 Å². The van der Waals surface area contributed by atoms with Crippen molar-refractivity contribution in [2.24, 2.45) is 0 Å². The van der Waals surface area contributed by atoms with Gasteiger partial charge < -0.3 is 9.47 Å². The summed E-state index contributed by atoms with van der Waals surface area (Å²) in [6, 6.07) is 18.8. The molecule has 3 aromatic rings. The number of ketones is 1. The molecule has 33 heavy (non-hydrogen) atoms. The predicted molar refractivity (Wildman–Crippen MR) is 131 cm³/mol. The third kappa shape index (κ3) is 4.19. The Morgan fingerprint density at radius 3 is 2.45 bits per heavy atom. The van der Waals surface area contributed by atoms with Gasteiger partial charge in [-0.3, -0.25) is 9.69 Å². The van der Waals surface area contributed by atoms with Crippen molar-refractivity contribution in [1.29, 1.82) is 0 Å². The average Bonchev–Trinajstić information content (AvgIpc) is 3.13. The van der Waals surface area contributed by atoms with Crippen LogP contribution >= 0.6 is 0 Å². The van der Waals surface area contributed by atoms with Gasteiger partial charge in [-0.15, -0.1) is 0 Å². The molecule has 168 valence electrons. The molecule has 0 spiro atoms. The Kier molecular flexibility index (Phi) is 5.55. The van der Waals surface area contributed by atoms with Crippen LogP contribution in [0.25, 0.3) is 6.08 Å². The number of rotatable bonds is 4. The van der Waals surface area contributed by atoms with Gasteiger partial charge in [-0.05, 0) is 54.2 Å². The standard InChI is InChI=1S/C29H29NO3/c1-18(2)23-11-9-21(10-12-23)14-26-28(31)27-20(4)13-25-24(29(27)33-26)16-30(17-32-25)15-22-7-5-19(3)6-8-22/h5-14,18H,15-17H2,1-4H3/b26-14-. The lowest BCUT2D eigenvalue weighted by Gasteiger charge is -2.30. The van der Waals surface area contributed by atoms with Crippen LogP contribution in [0.3, 0.4) is 0 Å². The molecule has 2 heterocycles. The van der Waals surface area contributed by atoms with E-state index in [2.05, 4.69) is 62.1 Å². The van der Waals surface area contributed by atoms with E-state index >= 15 is 0 Å². The van der Waals surface area contributed by atoms with E-state index in [1.54, 1.807) is 0 Å². The number of benzene rings is 3. The van der Waals surface area contributed by atoms with Crippen LogP contribution in [-0.4, -0.2) is 17.4 Å². The minimum absolute atomic E-state index is 0.0612. The van der Waals surface area contributed by atoms with Crippen molar-refractivity contribution in [1.82, 2.24) is 4.90 Å². The van der Waals surface area contributed by atoms with E-state index in [0.29, 0.717) is 36.3 Å². The molecule has 0 bridgehead atoms. The Labute approximate surface area is 195 Å². The van der Waals surface area contributed by atoms with E-state index in [9.17, 15) is 4.79 Å². The van der Waals surface area contributed by atoms with Crippen molar-refractivity contribution >= 4 is 11.9 Å². The van der Waals surface area contributed by atoms with Crippen LogP contribution in [0.2, 0.25) is 0 Å². The van der Waals surface area contributed by atoms with Crippen LogP contribution in [0.15, 0.2) is 60.4 Å². The molecular formula is C29H29NO3. The van der Waals surface area contributed by atoms with Crippen molar-refractivity contribution in [2.75, 3.05) is 6.73 Å². The number of hydrogen-bond acceptors (Lipinski definition) is 4. The molecule has 0 N–H and O–H groups in total. The van der Waals surface area contributed by atoms with E-state index in [4.69, 9.17) is 9.47 Å². The lowest BCUT2D eigenvalue weighted by Crippen LogP contribution is -2.31. The Morgan fingerprint density at radius 1 is 1.03 bits per heavy atom. The molecule has 4 nitrogen and oxygen atoms in total. The van der Waals surface area contributed by atoms with Crippen molar-refractivity contribution < 1.29 is 14.3 Å². The van der Waals surface area contributed by atoms with Gasteiger partial charge in [0.15, 0.2) is 5.76 Å². The molecule has 0 fully saturated rings. The van der Waals surface area contributed by atoms with Crippen LogP contribution in [-0.2, 0) is 13.1 Å². The summed E-state index contributed by atoms with van der Waals surface area (Å²) in [5.41, 5.74) is 7.20. The monoisotopic (exact) mass is 439 g/mol. The second-order valence-electron chi connectivity index (χ2n) is 9.38. The molecule has 2 aliphatic rings. The normalized spacial score (nSPS) is 16.5. The van der Waals surface area contributed by atoms with Crippen molar-refractivity contribution in [3.8, 4) is 11.5 Å². The molecule has 3 aromatic carbocycles. The number of carbonyl (C=O) groups excluding carboxylic acids is 1. The Morgan fingerprint density at radius 2 is 1.76 bits per heavy atom. The van der Waals surface area contributed by atoms with Crippen LogP contribution < -0.4 is 9.47 Å². The quantitative estimate of drug-likeness (QED) is 0.441. The van der Waals surface area contributed by atoms with Gasteiger partial charge in [0, 0.05) is 13.1 Å². The van der Waals surface area contributed by atoms with E-state index < -0.39 is 0 Å². The molecule has 0 amide bonds. The van der Waals surface area contributed by atoms with Gasteiger partial charge in [0.05, 0.1) is 11.1 Å². The highest BCUT2D eigenvalue weighted by Gasteiger charge is 2.35. The maximum atomic E-state index is 13.2. The lowest BCUT2D eigenvalue weighted by atomic mass is 9.98. The van der Waals surface area contributed by atoms with Gasteiger partial charge >= 0.3 is 0 Å². The molecule has 0 unspecified atom stereocenters. The van der Waals surface area contributed by atoms with Crippen LogP contribution in [0, 0.1) is 13.8 Å². The zero-order valence-corrected chi connectivity index (χ0v) is 19.6. The largest absolute Gasteiger partial charge is 0.478 e. The van der Waals surface area contributed by atoms with Crippen molar-refractivity contribution in [3.63, 3.8) is 0 Å². The first-order valence-corrected chi connectivity index (χ1v) is 11.5. The third-order valence-electron chi connectivity index (χ3n) is 6.42. The summed E-state index contributed by atoms with van der Waals surface area (Å²) in [7, 11) is 0. The maximum Gasteiger partial charge on any atom is 0.232 e. The van der Waals surface area contributed by atoms with E-state index in [1.807, 2.05) is 31.2 Å². The summed E-state index contributed by atoms with van der Waals surface area (Å²) in [5.74, 6) is 2.23. The fourth-order valence-corrected chi connectivity index (χ4v) is 4.46. The number of allylic oxidation sites excluding steroid dienone is 1. The number of carbonyl (C=O) groups is 1. The number of ether oxygens (including phenoxy) is 2. The van der Waals surface area contributed by atoms with Gasteiger partial charge in [-0.25, -0.2) is 0 Å². The number of aryl methyl sites for hydroxylation is 2. The van der Waals surface area contributed by atoms with Gasteiger partial charge in [0.2, 0.25) is 5.78 Å². The fraction of sp³-hybridized carbons (Fsp3) is 0.276. The molecule has 4 heteroatoms. The van der Waals surface area contributed by atoms with Crippen LogP contribution in [0.4, 0.5) is 0 Å². The molecule has 0 aliphatic carbocycles. The van der Waals surface area contributed by atoms with Gasteiger partial charge in [-0.2, -0.15) is 0 Å². The third-order valence-corrected chi connectivity index (χ3v) is 6.42. The zero-order chi connectivity index (χ0) is 23.1. The minimum atomic E-state index is -0.0612. The number of nitrogens with zero attached hydrogens (tertiary/aromatic N) is 1. The van der Waals surface area contributed by atoms with Gasteiger partial charge in [0.1, 0.15) is 18.2 Å². The molecular weight excluding hydrogens is 410 g/mol. The second kappa shape index (κ2) is 8.53. The second-order valence-corrected chi connectivity index (χ2v) is 9.38. The maximum absolute atomic E-state index is 13.2. The lowest BCUT2D eigenvalue weighted by molar-refractivity contribution is 0.0872. The predicted octanol–water partition coefficient (Wildman–Crippen LogP) is 6.40. The molecule has 5 rings (SSSR count). The molecule has 0 atom stereocenters. The molecule has 2 aliphatic heterocycles. The summed E-state index contributed by atoms with van der Waals surface area (Å²) in [6.45, 7) is 10.3. The number of hydrogen-bond donors (Lipinski definition) is 0. The number of fused-ring (bicyclic) bond motifs is 3. The molecule has 0 aromatic heterocycles. The average molecular weight is 440 g/mol. The number of Topliss-reactive ketones (excluding diaryl/α,β-unsaturated/α-hetero) is 1. The van der Waals surface area contributed by atoms with E-state index in [0.717, 1.165) is 29.0 Å². The summed E-state index contributed by atoms with van der Waals surface area (Å²) >= 11 is 0. The zero-order valence-electron chi connectivity index (χ0n) is 19.6. The summed E-state index contributed by atoms with van der Waals surface area (Å²) in [4.78, 5) is 15.5. The molecule has 0 saturated heterocycles. The van der Waals surface area contributed by atoms with E-state index in [1.165, 1.54) is 16.7 Å². The SMILES string of the molecule is Cc1ccc(CN2COc3cc(C)c4c(c3C2)O/C(=C\c2ccc(C(C)C)cc2)C4=O)cc1. The highest BCUT2D eigenvalue weighted by atomic mass is 16.5. The topological polar surface area (TPSA) is 38.8 Å². The summed E-state index contributed by atoms with van der Waals surface area (Å²) < 4.78 is 12.3. The smallest absolute Gasteiger partial charge is 0.232 e. The highest BCUT2D eigenvalue weighted by molar-refractivity contribution is 6.15. The highest BCUT2D eigenvalue weighted by Crippen LogP contribution is 2.44. The first kappa shape index (κ1) is 21.5. The molecule has 0 saturated carbocycles. The summed E-state index contributed by atoms with van der Waals surface area (Å²) in [5, 5.41) is 0. The van der Waals surface area contributed by atoms with Gasteiger partial charge in [0.25, 0.3) is 0 Å². The fourth-order valence-electron chi connectivity index (χ4n) is 4.46. The minimum Gasteiger partial charge on any atom is -0.478 e. The van der Waals surface area contributed by atoms with Crippen LogP contribution in [0.1, 0.15) is 63.5 Å². The van der Waals surface area contributed by atoms with E-state index in [-0.39, 0.29) is 5.78 Å². The first-order chi connectivity index (χ1) is 15.9. The van der Waals surface area contributed by atoms with Crippen molar-refractivity contribution in [3.05, 3.63) is 99.3 Å².